The molecule has 1 saturated heterocycles. The van der Waals surface area contributed by atoms with Gasteiger partial charge in [-0.15, -0.1) is 0 Å². The lowest BCUT2D eigenvalue weighted by Crippen LogP contribution is -2.29. The number of carbonyl (C=O) groups is 1. The Balaban J connectivity index is 0.000000867. The number of carboxylic acids is 1. The summed E-state index contributed by atoms with van der Waals surface area (Å²) >= 11 is 0. The molecule has 1 rings (SSSR count). The fourth-order valence-electron chi connectivity index (χ4n) is 5.81. The maximum Gasteiger partial charge on any atom is 0.328 e. The SMILES string of the molecule is CCCCCCCC[C@H]1OCCC[C@@H]1CCCCCCC.CCCCCCCOCCCCCC=CC=CC=CC=CC(=O)O. The summed E-state index contributed by atoms with van der Waals surface area (Å²) in [5.41, 5.74) is 0. The van der Waals surface area contributed by atoms with Crippen molar-refractivity contribution in [1.82, 2.24) is 0 Å². The third-order valence-electron chi connectivity index (χ3n) is 8.58. The number of aliphatic carboxylic acids is 1. The molecule has 1 aliphatic rings. The van der Waals surface area contributed by atoms with Crippen LogP contribution in [0, 0.1) is 5.92 Å². The molecular formula is C41H74O4. The number of unbranched alkanes of at least 4 members (excludes halogenated alkanes) is 16. The minimum atomic E-state index is -0.930. The zero-order valence-electron chi connectivity index (χ0n) is 30.0. The second-order valence-corrected chi connectivity index (χ2v) is 12.8. The number of rotatable bonds is 29. The van der Waals surface area contributed by atoms with Crippen LogP contribution in [0.4, 0.5) is 0 Å². The summed E-state index contributed by atoms with van der Waals surface area (Å²) in [6.45, 7) is 9.66. The molecule has 0 radical (unpaired) electrons. The van der Waals surface area contributed by atoms with Gasteiger partial charge >= 0.3 is 5.97 Å². The van der Waals surface area contributed by atoms with E-state index >= 15 is 0 Å². The van der Waals surface area contributed by atoms with E-state index in [1.165, 1.54) is 147 Å². The maximum absolute atomic E-state index is 10.2. The topological polar surface area (TPSA) is 55.8 Å². The molecule has 1 fully saturated rings. The predicted molar refractivity (Wildman–Crippen MR) is 196 cm³/mol. The minimum absolute atomic E-state index is 0.594. The van der Waals surface area contributed by atoms with E-state index in [0.717, 1.165) is 44.7 Å². The average Bonchev–Trinajstić information content (AvgIpc) is 3.04. The van der Waals surface area contributed by atoms with Gasteiger partial charge in [0.15, 0.2) is 0 Å². The lowest BCUT2D eigenvalue weighted by Gasteiger charge is -2.32. The average molecular weight is 631 g/mol. The van der Waals surface area contributed by atoms with Gasteiger partial charge in [-0.25, -0.2) is 4.79 Å². The molecular weight excluding hydrogens is 556 g/mol. The highest BCUT2D eigenvalue weighted by molar-refractivity contribution is 5.80. The lowest BCUT2D eigenvalue weighted by molar-refractivity contribution is -0.131. The summed E-state index contributed by atoms with van der Waals surface area (Å²) < 4.78 is 11.7. The van der Waals surface area contributed by atoms with Crippen molar-refractivity contribution in [2.45, 2.75) is 181 Å². The molecule has 0 unspecified atom stereocenters. The van der Waals surface area contributed by atoms with E-state index in [9.17, 15) is 4.79 Å². The monoisotopic (exact) mass is 631 g/mol. The van der Waals surface area contributed by atoms with Crippen molar-refractivity contribution in [2.24, 2.45) is 5.92 Å². The molecule has 0 aromatic rings. The summed E-state index contributed by atoms with van der Waals surface area (Å²) in [6.07, 6.45) is 46.9. The Morgan fingerprint density at radius 2 is 1.16 bits per heavy atom. The van der Waals surface area contributed by atoms with E-state index in [2.05, 4.69) is 26.8 Å². The molecule has 0 bridgehead atoms. The highest BCUT2D eigenvalue weighted by Gasteiger charge is 2.24. The first-order valence-electron chi connectivity index (χ1n) is 19.2. The van der Waals surface area contributed by atoms with Gasteiger partial charge in [-0.3, -0.25) is 0 Å². The van der Waals surface area contributed by atoms with Crippen LogP contribution in [0.1, 0.15) is 175 Å². The number of allylic oxidation sites excluding steroid dienone is 7. The lowest BCUT2D eigenvalue weighted by atomic mass is 9.86. The van der Waals surface area contributed by atoms with Crippen LogP contribution < -0.4 is 0 Å². The van der Waals surface area contributed by atoms with E-state index in [4.69, 9.17) is 14.6 Å². The van der Waals surface area contributed by atoms with E-state index in [1.807, 2.05) is 24.3 Å². The quantitative estimate of drug-likeness (QED) is 0.0507. The number of hydrogen-bond acceptors (Lipinski definition) is 3. The van der Waals surface area contributed by atoms with Crippen LogP contribution in [-0.4, -0.2) is 37.0 Å². The van der Waals surface area contributed by atoms with Gasteiger partial charge in [-0.05, 0) is 57.3 Å². The number of ether oxygens (including phenoxy) is 2. The summed E-state index contributed by atoms with van der Waals surface area (Å²) in [5, 5.41) is 8.40. The third kappa shape index (κ3) is 33.5. The van der Waals surface area contributed by atoms with Crippen molar-refractivity contribution in [1.29, 1.82) is 0 Å². The molecule has 0 aromatic carbocycles. The smallest absolute Gasteiger partial charge is 0.328 e. The van der Waals surface area contributed by atoms with Gasteiger partial charge < -0.3 is 14.6 Å². The van der Waals surface area contributed by atoms with Gasteiger partial charge in [0.2, 0.25) is 0 Å². The summed E-state index contributed by atoms with van der Waals surface area (Å²) in [4.78, 5) is 10.2. The Kier molecular flexibility index (Phi) is 35.5. The van der Waals surface area contributed by atoms with Gasteiger partial charge in [-0.1, -0.05) is 166 Å². The van der Waals surface area contributed by atoms with Crippen molar-refractivity contribution in [3.8, 4) is 0 Å². The van der Waals surface area contributed by atoms with Crippen molar-refractivity contribution in [3.05, 3.63) is 48.6 Å². The summed E-state index contributed by atoms with van der Waals surface area (Å²) in [6, 6.07) is 0. The van der Waals surface area contributed by atoms with Crippen LogP contribution >= 0.6 is 0 Å². The maximum atomic E-state index is 10.2. The van der Waals surface area contributed by atoms with Gasteiger partial charge in [-0.2, -0.15) is 0 Å². The molecule has 4 heteroatoms. The van der Waals surface area contributed by atoms with E-state index in [0.29, 0.717) is 6.10 Å². The van der Waals surface area contributed by atoms with Crippen LogP contribution in [0.25, 0.3) is 0 Å². The van der Waals surface area contributed by atoms with Gasteiger partial charge in [0.25, 0.3) is 0 Å². The molecule has 45 heavy (non-hydrogen) atoms. The van der Waals surface area contributed by atoms with Crippen molar-refractivity contribution >= 4 is 5.97 Å². The van der Waals surface area contributed by atoms with Crippen LogP contribution in [0.15, 0.2) is 48.6 Å². The Labute approximate surface area is 280 Å². The number of hydrogen-bond donors (Lipinski definition) is 1. The molecule has 0 aromatic heterocycles. The zero-order valence-corrected chi connectivity index (χ0v) is 30.0. The van der Waals surface area contributed by atoms with Crippen molar-refractivity contribution in [3.63, 3.8) is 0 Å². The van der Waals surface area contributed by atoms with E-state index in [-0.39, 0.29) is 0 Å². The molecule has 2 atom stereocenters. The van der Waals surface area contributed by atoms with E-state index < -0.39 is 5.97 Å². The first kappa shape index (κ1) is 43.4. The van der Waals surface area contributed by atoms with Crippen molar-refractivity contribution < 1.29 is 19.4 Å². The Bertz CT molecular complexity index is 723. The highest BCUT2D eigenvalue weighted by atomic mass is 16.5. The largest absolute Gasteiger partial charge is 0.478 e. The van der Waals surface area contributed by atoms with Crippen LogP contribution in [-0.2, 0) is 14.3 Å². The standard InChI is InChI=1S/C21H34O3.C20H40O/c1-2-3-4-13-16-19-24-20-17-14-11-9-7-5-6-8-10-12-15-18-21(22)23;1-3-5-7-9-11-13-17-20-19(16-14-18-21-20)15-12-10-8-6-4-2/h5-8,10,12,15,18H,2-4,9,11,13-14,16-17,19-20H2,1H3,(H,22,23);19-20H,3-18H2,1-2H3/t;19-,20+/m.0/s1. The van der Waals surface area contributed by atoms with Gasteiger partial charge in [0.05, 0.1) is 6.10 Å². The third-order valence-corrected chi connectivity index (χ3v) is 8.58. The summed E-state index contributed by atoms with van der Waals surface area (Å²) in [7, 11) is 0. The first-order chi connectivity index (χ1) is 22.2. The number of carboxylic acid groups (broad SMARTS) is 1. The van der Waals surface area contributed by atoms with Crippen LogP contribution in [0.3, 0.4) is 0 Å². The summed E-state index contributed by atoms with van der Waals surface area (Å²) in [5.74, 6) is -0.0584. The Hall–Kier alpha value is -1.65. The molecule has 0 amide bonds. The Morgan fingerprint density at radius 1 is 0.644 bits per heavy atom. The Morgan fingerprint density at radius 3 is 1.78 bits per heavy atom. The minimum Gasteiger partial charge on any atom is -0.478 e. The molecule has 0 aliphatic carbocycles. The van der Waals surface area contributed by atoms with Gasteiger partial charge in [0.1, 0.15) is 0 Å². The molecule has 1 heterocycles. The molecule has 1 aliphatic heterocycles. The molecule has 4 nitrogen and oxygen atoms in total. The van der Waals surface area contributed by atoms with E-state index in [1.54, 1.807) is 6.08 Å². The predicted octanol–water partition coefficient (Wildman–Crippen LogP) is 12.7. The second-order valence-electron chi connectivity index (χ2n) is 12.8. The zero-order chi connectivity index (χ0) is 32.9. The first-order valence-corrected chi connectivity index (χ1v) is 19.2. The normalized spacial score (nSPS) is 17.1. The fraction of sp³-hybridized carbons (Fsp3) is 0.780. The van der Waals surface area contributed by atoms with Crippen LogP contribution in [0.5, 0.6) is 0 Å². The molecule has 262 valence electrons. The molecule has 1 N–H and O–H groups in total. The highest BCUT2D eigenvalue weighted by Crippen LogP contribution is 2.29. The second kappa shape index (κ2) is 36.8. The van der Waals surface area contributed by atoms with Crippen LogP contribution in [0.2, 0.25) is 0 Å². The molecule has 0 spiro atoms. The van der Waals surface area contributed by atoms with Gasteiger partial charge in [0, 0.05) is 25.9 Å². The molecule has 0 saturated carbocycles. The fourth-order valence-corrected chi connectivity index (χ4v) is 5.81. The van der Waals surface area contributed by atoms with Crippen molar-refractivity contribution in [2.75, 3.05) is 19.8 Å².